The second-order valence-electron chi connectivity index (χ2n) is 7.28. The molecule has 2 amide bonds. The van der Waals surface area contributed by atoms with Gasteiger partial charge in [-0.1, -0.05) is 11.6 Å². The number of amides is 2. The monoisotopic (exact) mass is 439 g/mol. The van der Waals surface area contributed by atoms with Crippen molar-refractivity contribution in [2.24, 2.45) is 5.92 Å². The molecule has 1 atom stereocenters. The van der Waals surface area contributed by atoms with Crippen LogP contribution >= 0.6 is 11.6 Å². The van der Waals surface area contributed by atoms with Crippen LogP contribution < -0.4 is 15.5 Å². The molecule has 1 aliphatic heterocycles. The highest BCUT2D eigenvalue weighted by Gasteiger charge is 2.34. The zero-order valence-corrected chi connectivity index (χ0v) is 17.7. The minimum Gasteiger partial charge on any atom is -0.367 e. The molecule has 1 saturated heterocycles. The van der Waals surface area contributed by atoms with Crippen molar-refractivity contribution in [2.75, 3.05) is 29.9 Å². The summed E-state index contributed by atoms with van der Waals surface area (Å²) < 4.78 is 1.66. The SMILES string of the molecule is Cc1ccn(-c2ccc(NCCNC(=O)C3CC(=O)N(c4ccc(Cl)cc4)C3)nn2)n1. The summed E-state index contributed by atoms with van der Waals surface area (Å²) >= 11 is 5.90. The molecule has 0 aliphatic carbocycles. The van der Waals surface area contributed by atoms with Crippen LogP contribution in [0.4, 0.5) is 11.5 Å². The van der Waals surface area contributed by atoms with E-state index in [4.69, 9.17) is 11.6 Å². The van der Waals surface area contributed by atoms with Gasteiger partial charge >= 0.3 is 0 Å². The summed E-state index contributed by atoms with van der Waals surface area (Å²) in [6, 6.07) is 12.5. The van der Waals surface area contributed by atoms with E-state index in [1.807, 2.05) is 25.3 Å². The van der Waals surface area contributed by atoms with E-state index >= 15 is 0 Å². The van der Waals surface area contributed by atoms with E-state index in [2.05, 4.69) is 25.9 Å². The number of aromatic nitrogens is 4. The molecule has 1 aliphatic rings. The Kier molecular flexibility index (Phi) is 6.13. The molecule has 0 radical (unpaired) electrons. The molecule has 1 unspecified atom stereocenters. The molecular weight excluding hydrogens is 418 g/mol. The molecule has 0 saturated carbocycles. The maximum atomic E-state index is 12.5. The molecule has 3 heterocycles. The molecule has 3 aromatic rings. The number of aryl methyl sites for hydroxylation is 1. The van der Waals surface area contributed by atoms with Crippen LogP contribution in [0.1, 0.15) is 12.1 Å². The molecule has 160 valence electrons. The highest BCUT2D eigenvalue weighted by Crippen LogP contribution is 2.26. The fraction of sp³-hybridized carbons (Fsp3) is 0.286. The molecule has 31 heavy (non-hydrogen) atoms. The number of hydrogen-bond acceptors (Lipinski definition) is 6. The second kappa shape index (κ2) is 9.13. The van der Waals surface area contributed by atoms with E-state index in [1.165, 1.54) is 0 Å². The number of benzene rings is 1. The number of nitrogens with zero attached hydrogens (tertiary/aromatic N) is 5. The normalized spacial score (nSPS) is 15.9. The first-order valence-corrected chi connectivity index (χ1v) is 10.3. The number of carbonyl (C=O) groups excluding carboxylic acids is 2. The third kappa shape index (κ3) is 5.00. The van der Waals surface area contributed by atoms with Gasteiger partial charge in [-0.2, -0.15) is 5.10 Å². The minimum absolute atomic E-state index is 0.0664. The van der Waals surface area contributed by atoms with Crippen LogP contribution in [0.5, 0.6) is 0 Å². The van der Waals surface area contributed by atoms with Crippen LogP contribution in [-0.4, -0.2) is 51.4 Å². The number of nitrogens with one attached hydrogen (secondary N) is 2. The Balaban J connectivity index is 1.22. The average molecular weight is 440 g/mol. The summed E-state index contributed by atoms with van der Waals surface area (Å²) in [6.07, 6.45) is 2.02. The largest absolute Gasteiger partial charge is 0.367 e. The Bertz CT molecular complexity index is 1070. The van der Waals surface area contributed by atoms with Crippen LogP contribution in [-0.2, 0) is 9.59 Å². The third-order valence-corrected chi connectivity index (χ3v) is 5.22. The number of halogens is 1. The summed E-state index contributed by atoms with van der Waals surface area (Å²) in [5.74, 6) is 0.653. The second-order valence-corrected chi connectivity index (χ2v) is 7.71. The summed E-state index contributed by atoms with van der Waals surface area (Å²) in [5.41, 5.74) is 1.65. The van der Waals surface area contributed by atoms with Gasteiger partial charge in [-0.25, -0.2) is 4.68 Å². The van der Waals surface area contributed by atoms with Gasteiger partial charge in [0.15, 0.2) is 5.82 Å². The molecule has 4 rings (SSSR count). The van der Waals surface area contributed by atoms with Crippen molar-refractivity contribution in [3.63, 3.8) is 0 Å². The highest BCUT2D eigenvalue weighted by atomic mass is 35.5. The maximum Gasteiger partial charge on any atom is 0.227 e. The van der Waals surface area contributed by atoms with Gasteiger partial charge in [-0.05, 0) is 49.4 Å². The topological polar surface area (TPSA) is 105 Å². The molecule has 9 nitrogen and oxygen atoms in total. The smallest absolute Gasteiger partial charge is 0.227 e. The first kappa shape index (κ1) is 20.8. The quantitative estimate of drug-likeness (QED) is 0.547. The zero-order valence-electron chi connectivity index (χ0n) is 17.0. The van der Waals surface area contributed by atoms with E-state index in [0.717, 1.165) is 11.4 Å². The Morgan fingerprint density at radius 1 is 1.13 bits per heavy atom. The lowest BCUT2D eigenvalue weighted by atomic mass is 10.1. The van der Waals surface area contributed by atoms with E-state index < -0.39 is 0 Å². The lowest BCUT2D eigenvalue weighted by Crippen LogP contribution is -2.35. The van der Waals surface area contributed by atoms with Gasteiger partial charge in [0.25, 0.3) is 0 Å². The van der Waals surface area contributed by atoms with Crippen molar-refractivity contribution in [3.8, 4) is 5.82 Å². The van der Waals surface area contributed by atoms with Crippen molar-refractivity contribution < 1.29 is 9.59 Å². The van der Waals surface area contributed by atoms with Gasteiger partial charge in [-0.3, -0.25) is 9.59 Å². The fourth-order valence-electron chi connectivity index (χ4n) is 3.36. The number of rotatable bonds is 7. The summed E-state index contributed by atoms with van der Waals surface area (Å²) in [4.78, 5) is 26.4. The van der Waals surface area contributed by atoms with Crippen molar-refractivity contribution >= 4 is 34.9 Å². The lowest BCUT2D eigenvalue weighted by Gasteiger charge is -2.16. The first-order chi connectivity index (χ1) is 15.0. The van der Waals surface area contributed by atoms with E-state index in [1.54, 1.807) is 39.9 Å². The van der Waals surface area contributed by atoms with E-state index in [9.17, 15) is 9.59 Å². The Hall–Kier alpha value is -3.46. The van der Waals surface area contributed by atoms with Gasteiger partial charge in [0, 0.05) is 43.0 Å². The van der Waals surface area contributed by atoms with Crippen LogP contribution in [0.25, 0.3) is 5.82 Å². The third-order valence-electron chi connectivity index (χ3n) is 4.97. The van der Waals surface area contributed by atoms with Crippen molar-refractivity contribution in [2.45, 2.75) is 13.3 Å². The highest BCUT2D eigenvalue weighted by molar-refractivity contribution is 6.30. The van der Waals surface area contributed by atoms with Crippen molar-refractivity contribution in [1.82, 2.24) is 25.3 Å². The average Bonchev–Trinajstić information content (AvgIpc) is 3.38. The van der Waals surface area contributed by atoms with Crippen LogP contribution in [0.3, 0.4) is 0 Å². The Morgan fingerprint density at radius 2 is 1.94 bits per heavy atom. The van der Waals surface area contributed by atoms with Crippen molar-refractivity contribution in [1.29, 1.82) is 0 Å². The molecule has 2 N–H and O–H groups in total. The van der Waals surface area contributed by atoms with Gasteiger partial charge in [0.1, 0.15) is 5.82 Å². The molecular formula is C21H22ClN7O2. The zero-order chi connectivity index (χ0) is 21.8. The molecule has 1 fully saturated rings. The number of carbonyl (C=O) groups is 2. The Morgan fingerprint density at radius 3 is 2.61 bits per heavy atom. The van der Waals surface area contributed by atoms with Crippen LogP contribution in [0.15, 0.2) is 48.7 Å². The molecule has 2 aromatic heterocycles. The standard InChI is InChI=1S/C21H22ClN7O2/c1-14-8-11-29(27-14)19-7-6-18(25-26-19)23-9-10-24-21(31)15-12-20(30)28(13-15)17-4-2-16(22)3-5-17/h2-8,11,15H,9-10,12-13H2,1H3,(H,23,25)(H,24,31). The predicted molar refractivity (Wildman–Crippen MR) is 117 cm³/mol. The summed E-state index contributed by atoms with van der Waals surface area (Å²) in [7, 11) is 0. The number of anilines is 2. The van der Waals surface area contributed by atoms with E-state index in [0.29, 0.717) is 36.3 Å². The molecule has 0 spiro atoms. The Labute approximate surface area is 184 Å². The maximum absolute atomic E-state index is 12.5. The summed E-state index contributed by atoms with van der Waals surface area (Å²) in [6.45, 7) is 3.17. The van der Waals surface area contributed by atoms with Crippen molar-refractivity contribution in [3.05, 3.63) is 59.4 Å². The van der Waals surface area contributed by atoms with Gasteiger partial charge in [0.2, 0.25) is 11.8 Å². The lowest BCUT2D eigenvalue weighted by molar-refractivity contribution is -0.126. The molecule has 1 aromatic carbocycles. The number of hydrogen-bond donors (Lipinski definition) is 2. The minimum atomic E-state index is -0.375. The van der Waals surface area contributed by atoms with Crippen LogP contribution in [0.2, 0.25) is 5.02 Å². The first-order valence-electron chi connectivity index (χ1n) is 9.93. The summed E-state index contributed by atoms with van der Waals surface area (Å²) in [5, 5.41) is 19.1. The van der Waals surface area contributed by atoms with Gasteiger partial charge in [0.05, 0.1) is 11.6 Å². The predicted octanol–water partition coefficient (Wildman–Crippen LogP) is 2.21. The molecule has 0 bridgehead atoms. The molecule has 10 heteroatoms. The fourth-order valence-corrected chi connectivity index (χ4v) is 3.48. The van der Waals surface area contributed by atoms with Crippen LogP contribution in [0, 0.1) is 12.8 Å². The van der Waals surface area contributed by atoms with Gasteiger partial charge < -0.3 is 15.5 Å². The van der Waals surface area contributed by atoms with E-state index in [-0.39, 0.29) is 24.2 Å². The van der Waals surface area contributed by atoms with Gasteiger partial charge in [-0.15, -0.1) is 10.2 Å².